The van der Waals surface area contributed by atoms with Gasteiger partial charge in [-0.15, -0.1) is 0 Å². The number of carboxylic acid groups (broad SMARTS) is 1. The Morgan fingerprint density at radius 2 is 2.16 bits per heavy atom. The number of amides is 2. The Morgan fingerprint density at radius 3 is 2.74 bits per heavy atom. The number of rotatable bonds is 4. The molecule has 102 valence electrons. The second kappa shape index (κ2) is 5.26. The molecule has 1 fully saturated rings. The van der Waals surface area contributed by atoms with E-state index >= 15 is 0 Å². The summed E-state index contributed by atoms with van der Waals surface area (Å²) in [6.07, 6.45) is 2.22. The van der Waals surface area contributed by atoms with Gasteiger partial charge in [-0.25, -0.2) is 14.0 Å². The normalized spacial score (nSPS) is 14.0. The van der Waals surface area contributed by atoms with E-state index < -0.39 is 17.8 Å². The molecule has 6 heteroatoms. The van der Waals surface area contributed by atoms with Gasteiger partial charge in [0, 0.05) is 13.6 Å². The van der Waals surface area contributed by atoms with Crippen molar-refractivity contribution in [3.8, 4) is 0 Å². The third-order valence-corrected chi connectivity index (χ3v) is 3.03. The van der Waals surface area contributed by atoms with Crippen LogP contribution in [0.25, 0.3) is 0 Å². The fraction of sp³-hybridized carbons (Fsp3) is 0.385. The van der Waals surface area contributed by atoms with Crippen molar-refractivity contribution >= 4 is 17.7 Å². The van der Waals surface area contributed by atoms with E-state index in [1.165, 1.54) is 4.90 Å². The first-order valence-electron chi connectivity index (χ1n) is 6.02. The van der Waals surface area contributed by atoms with E-state index in [1.54, 1.807) is 7.05 Å². The zero-order valence-corrected chi connectivity index (χ0v) is 10.5. The SMILES string of the molecule is CN(CC1CC1)C(=O)Nc1cc(F)ccc1C(=O)O. The number of benzene rings is 1. The number of hydrogen-bond acceptors (Lipinski definition) is 2. The molecule has 1 aliphatic rings. The van der Waals surface area contributed by atoms with Gasteiger partial charge in [0.15, 0.2) is 0 Å². The summed E-state index contributed by atoms with van der Waals surface area (Å²) in [5.41, 5.74) is -0.158. The molecule has 1 aromatic rings. The first-order chi connectivity index (χ1) is 8.97. The number of anilines is 1. The Hall–Kier alpha value is -2.11. The quantitative estimate of drug-likeness (QED) is 0.879. The molecular weight excluding hydrogens is 251 g/mol. The van der Waals surface area contributed by atoms with Crippen LogP contribution in [-0.2, 0) is 0 Å². The topological polar surface area (TPSA) is 69.6 Å². The molecule has 0 aliphatic heterocycles. The highest BCUT2D eigenvalue weighted by atomic mass is 19.1. The summed E-state index contributed by atoms with van der Waals surface area (Å²) in [4.78, 5) is 24.3. The maximum absolute atomic E-state index is 13.1. The van der Waals surface area contributed by atoms with Crippen molar-refractivity contribution in [1.29, 1.82) is 0 Å². The molecule has 2 rings (SSSR count). The molecule has 1 saturated carbocycles. The van der Waals surface area contributed by atoms with Crippen LogP contribution in [0.4, 0.5) is 14.9 Å². The number of carbonyl (C=O) groups is 2. The number of carboxylic acids is 1. The molecule has 2 amide bonds. The van der Waals surface area contributed by atoms with E-state index in [2.05, 4.69) is 5.32 Å². The van der Waals surface area contributed by atoms with Crippen LogP contribution in [0.5, 0.6) is 0 Å². The van der Waals surface area contributed by atoms with Crippen LogP contribution in [0.2, 0.25) is 0 Å². The molecular formula is C13H15FN2O3. The van der Waals surface area contributed by atoms with Gasteiger partial charge in [0.05, 0.1) is 11.3 Å². The second-order valence-electron chi connectivity index (χ2n) is 4.75. The van der Waals surface area contributed by atoms with Crippen molar-refractivity contribution in [2.45, 2.75) is 12.8 Å². The molecule has 0 spiro atoms. The van der Waals surface area contributed by atoms with E-state index in [0.29, 0.717) is 12.5 Å². The van der Waals surface area contributed by atoms with Crippen molar-refractivity contribution in [3.05, 3.63) is 29.6 Å². The van der Waals surface area contributed by atoms with Crippen molar-refractivity contribution < 1.29 is 19.1 Å². The lowest BCUT2D eigenvalue weighted by molar-refractivity contribution is 0.0698. The van der Waals surface area contributed by atoms with E-state index in [1.807, 2.05) is 0 Å². The number of hydrogen-bond donors (Lipinski definition) is 2. The lowest BCUT2D eigenvalue weighted by Crippen LogP contribution is -2.33. The lowest BCUT2D eigenvalue weighted by atomic mass is 10.2. The van der Waals surface area contributed by atoms with Crippen molar-refractivity contribution in [1.82, 2.24) is 4.90 Å². The predicted molar refractivity (Wildman–Crippen MR) is 67.7 cm³/mol. The highest BCUT2D eigenvalue weighted by molar-refractivity contribution is 5.99. The number of urea groups is 1. The van der Waals surface area contributed by atoms with Crippen molar-refractivity contribution in [2.24, 2.45) is 5.92 Å². The molecule has 0 atom stereocenters. The first kappa shape index (κ1) is 13.3. The zero-order chi connectivity index (χ0) is 14.0. The fourth-order valence-electron chi connectivity index (χ4n) is 1.79. The summed E-state index contributed by atoms with van der Waals surface area (Å²) < 4.78 is 13.1. The molecule has 1 aromatic carbocycles. The Balaban J connectivity index is 2.10. The largest absolute Gasteiger partial charge is 0.478 e. The van der Waals surface area contributed by atoms with Crippen LogP contribution in [0, 0.1) is 11.7 Å². The summed E-state index contributed by atoms with van der Waals surface area (Å²) >= 11 is 0. The molecule has 1 aliphatic carbocycles. The van der Waals surface area contributed by atoms with Gasteiger partial charge in [-0.2, -0.15) is 0 Å². The Kier molecular flexibility index (Phi) is 3.69. The summed E-state index contributed by atoms with van der Waals surface area (Å²) in [5, 5.41) is 11.4. The number of aromatic carboxylic acids is 1. The molecule has 0 aromatic heterocycles. The minimum absolute atomic E-state index is 0.0276. The highest BCUT2D eigenvalue weighted by Gasteiger charge is 2.25. The second-order valence-corrected chi connectivity index (χ2v) is 4.75. The predicted octanol–water partition coefficient (Wildman–Crippen LogP) is 2.40. The molecule has 0 saturated heterocycles. The van der Waals surface area contributed by atoms with E-state index in [9.17, 15) is 14.0 Å². The summed E-state index contributed by atoms with van der Waals surface area (Å²) in [6, 6.07) is 2.76. The van der Waals surface area contributed by atoms with Gasteiger partial charge in [0.25, 0.3) is 0 Å². The molecule has 0 radical (unpaired) electrons. The van der Waals surface area contributed by atoms with Gasteiger partial charge in [0.2, 0.25) is 0 Å². The molecule has 2 N–H and O–H groups in total. The fourth-order valence-corrected chi connectivity index (χ4v) is 1.79. The zero-order valence-electron chi connectivity index (χ0n) is 10.5. The standard InChI is InChI=1S/C13H15FN2O3/c1-16(7-8-2-3-8)13(19)15-11-6-9(14)4-5-10(11)12(17)18/h4-6,8H,2-3,7H2,1H3,(H,15,19)(H,17,18). The number of carbonyl (C=O) groups excluding carboxylic acids is 1. The van der Waals surface area contributed by atoms with Gasteiger partial charge < -0.3 is 15.3 Å². The molecule has 5 nitrogen and oxygen atoms in total. The molecule has 0 heterocycles. The summed E-state index contributed by atoms with van der Waals surface area (Å²) in [6.45, 7) is 0.629. The minimum atomic E-state index is -1.21. The Morgan fingerprint density at radius 1 is 1.47 bits per heavy atom. The third kappa shape index (κ3) is 3.43. The van der Waals surface area contributed by atoms with Crippen LogP contribution in [0.1, 0.15) is 23.2 Å². The smallest absolute Gasteiger partial charge is 0.337 e. The monoisotopic (exact) mass is 266 g/mol. The van der Waals surface area contributed by atoms with E-state index in [0.717, 1.165) is 31.0 Å². The minimum Gasteiger partial charge on any atom is -0.478 e. The summed E-state index contributed by atoms with van der Waals surface area (Å²) in [7, 11) is 1.63. The van der Waals surface area contributed by atoms with Crippen LogP contribution < -0.4 is 5.32 Å². The third-order valence-electron chi connectivity index (χ3n) is 3.03. The Labute approximate surface area is 110 Å². The molecule has 0 unspecified atom stereocenters. The average Bonchev–Trinajstić information content (AvgIpc) is 3.12. The van der Waals surface area contributed by atoms with Crippen LogP contribution in [0.3, 0.4) is 0 Å². The van der Waals surface area contributed by atoms with Crippen LogP contribution in [0.15, 0.2) is 18.2 Å². The van der Waals surface area contributed by atoms with E-state index in [-0.39, 0.29) is 11.3 Å². The van der Waals surface area contributed by atoms with Gasteiger partial charge in [0.1, 0.15) is 5.82 Å². The van der Waals surface area contributed by atoms with Crippen molar-refractivity contribution in [2.75, 3.05) is 18.9 Å². The van der Waals surface area contributed by atoms with Crippen LogP contribution in [-0.4, -0.2) is 35.6 Å². The van der Waals surface area contributed by atoms with Gasteiger partial charge >= 0.3 is 12.0 Å². The van der Waals surface area contributed by atoms with Gasteiger partial charge in [-0.1, -0.05) is 0 Å². The lowest BCUT2D eigenvalue weighted by Gasteiger charge is -2.18. The highest BCUT2D eigenvalue weighted by Crippen LogP contribution is 2.29. The molecule has 19 heavy (non-hydrogen) atoms. The van der Waals surface area contributed by atoms with Gasteiger partial charge in [-0.3, -0.25) is 0 Å². The average molecular weight is 266 g/mol. The van der Waals surface area contributed by atoms with Crippen LogP contribution >= 0.6 is 0 Å². The number of nitrogens with zero attached hydrogens (tertiary/aromatic N) is 1. The number of nitrogens with one attached hydrogen (secondary N) is 1. The first-order valence-corrected chi connectivity index (χ1v) is 6.02. The van der Waals surface area contributed by atoms with Gasteiger partial charge in [-0.05, 0) is 37.0 Å². The van der Waals surface area contributed by atoms with Crippen molar-refractivity contribution in [3.63, 3.8) is 0 Å². The number of halogens is 1. The van der Waals surface area contributed by atoms with E-state index in [4.69, 9.17) is 5.11 Å². The molecule has 0 bridgehead atoms. The maximum Gasteiger partial charge on any atom is 0.337 e. The summed E-state index contributed by atoms with van der Waals surface area (Å²) in [5.74, 6) is -1.27. The maximum atomic E-state index is 13.1. The Bertz CT molecular complexity index is 515.